The van der Waals surface area contributed by atoms with E-state index in [9.17, 15) is 0 Å². The molecule has 2 rings (SSSR count). The van der Waals surface area contributed by atoms with Gasteiger partial charge >= 0.3 is 0 Å². The Morgan fingerprint density at radius 1 is 1.35 bits per heavy atom. The van der Waals surface area contributed by atoms with E-state index in [1.165, 1.54) is 38.2 Å². The number of piperidine rings is 1. The summed E-state index contributed by atoms with van der Waals surface area (Å²) in [7, 11) is 2.22. The number of hydrogen-bond donors (Lipinski definition) is 1. The van der Waals surface area contributed by atoms with E-state index in [-0.39, 0.29) is 6.04 Å². The van der Waals surface area contributed by atoms with Crippen molar-refractivity contribution in [2.75, 3.05) is 33.2 Å². The Morgan fingerprint density at radius 2 is 2.05 bits per heavy atom. The third-order valence-electron chi connectivity index (χ3n) is 4.72. The molecule has 1 fully saturated rings. The summed E-state index contributed by atoms with van der Waals surface area (Å²) in [5, 5.41) is 0. The molecule has 1 saturated heterocycles. The van der Waals surface area contributed by atoms with Crippen molar-refractivity contribution >= 4 is 0 Å². The maximum absolute atomic E-state index is 6.06. The van der Waals surface area contributed by atoms with Crippen LogP contribution in [0.15, 0.2) is 12.5 Å². The third-order valence-corrected chi connectivity index (χ3v) is 4.72. The van der Waals surface area contributed by atoms with Gasteiger partial charge in [0.15, 0.2) is 0 Å². The molecule has 0 amide bonds. The summed E-state index contributed by atoms with van der Waals surface area (Å²) in [6.07, 6.45) is 6.35. The van der Waals surface area contributed by atoms with Crippen molar-refractivity contribution in [3.63, 3.8) is 0 Å². The van der Waals surface area contributed by atoms with E-state index in [4.69, 9.17) is 5.73 Å². The third kappa shape index (κ3) is 3.22. The van der Waals surface area contributed by atoms with E-state index in [0.717, 1.165) is 6.54 Å². The highest BCUT2D eigenvalue weighted by atomic mass is 15.2. The maximum Gasteiger partial charge on any atom is 0.0948 e. The average Bonchev–Trinajstić information content (AvgIpc) is 2.96. The van der Waals surface area contributed by atoms with Crippen LogP contribution < -0.4 is 5.73 Å². The fourth-order valence-corrected chi connectivity index (χ4v) is 3.27. The number of aryl methyl sites for hydroxylation is 1. The first-order valence-corrected chi connectivity index (χ1v) is 7.85. The number of rotatable bonds is 6. The summed E-state index contributed by atoms with van der Waals surface area (Å²) < 4.78 is 2.20. The first kappa shape index (κ1) is 15.5. The quantitative estimate of drug-likeness (QED) is 0.853. The molecule has 0 aliphatic carbocycles. The van der Waals surface area contributed by atoms with Gasteiger partial charge in [0.25, 0.3) is 0 Å². The van der Waals surface area contributed by atoms with Crippen molar-refractivity contribution in [1.29, 1.82) is 0 Å². The standard InChI is InChI=1S/C15H29N5/c1-4-19-8-6-13(7-9-19)18(3)14(10-16)15-11-17-12-20(15)5-2/h11-14H,4-10,16H2,1-3H3. The van der Waals surface area contributed by atoms with Crippen molar-refractivity contribution in [2.45, 2.75) is 45.3 Å². The number of aromatic nitrogens is 2. The van der Waals surface area contributed by atoms with E-state index in [2.05, 4.69) is 40.2 Å². The second kappa shape index (κ2) is 7.20. The van der Waals surface area contributed by atoms with Crippen LogP contribution in [-0.4, -0.2) is 58.6 Å². The molecule has 5 nitrogen and oxygen atoms in total. The van der Waals surface area contributed by atoms with Gasteiger partial charge in [0.1, 0.15) is 0 Å². The lowest BCUT2D eigenvalue weighted by molar-refractivity contribution is 0.0979. The molecule has 5 heteroatoms. The minimum Gasteiger partial charge on any atom is -0.333 e. The van der Waals surface area contributed by atoms with E-state index >= 15 is 0 Å². The van der Waals surface area contributed by atoms with Crippen LogP contribution in [0.5, 0.6) is 0 Å². The molecular formula is C15H29N5. The van der Waals surface area contributed by atoms with Gasteiger partial charge in [-0.3, -0.25) is 4.90 Å². The molecule has 1 aromatic rings. The van der Waals surface area contributed by atoms with Gasteiger partial charge in [-0.15, -0.1) is 0 Å². The molecule has 2 N–H and O–H groups in total. The molecule has 1 aliphatic heterocycles. The van der Waals surface area contributed by atoms with Crippen LogP contribution in [-0.2, 0) is 6.54 Å². The van der Waals surface area contributed by atoms with Gasteiger partial charge in [0.2, 0.25) is 0 Å². The van der Waals surface area contributed by atoms with Gasteiger partial charge in [-0.2, -0.15) is 0 Å². The van der Waals surface area contributed by atoms with Crippen molar-refractivity contribution in [2.24, 2.45) is 5.73 Å². The first-order valence-electron chi connectivity index (χ1n) is 7.85. The lowest BCUT2D eigenvalue weighted by Gasteiger charge is -2.40. The second-order valence-corrected chi connectivity index (χ2v) is 5.69. The number of nitrogens with two attached hydrogens (primary N) is 1. The van der Waals surface area contributed by atoms with Gasteiger partial charge in [-0.1, -0.05) is 6.92 Å². The van der Waals surface area contributed by atoms with Gasteiger partial charge in [0, 0.05) is 25.3 Å². The van der Waals surface area contributed by atoms with Crippen molar-refractivity contribution in [1.82, 2.24) is 19.4 Å². The summed E-state index contributed by atoms with van der Waals surface area (Å²) >= 11 is 0. The monoisotopic (exact) mass is 279 g/mol. The number of likely N-dealkylation sites (N-methyl/N-ethyl adjacent to an activating group) is 1. The largest absolute Gasteiger partial charge is 0.333 e. The summed E-state index contributed by atoms with van der Waals surface area (Å²) in [6.45, 7) is 9.57. The number of nitrogens with zero attached hydrogens (tertiary/aromatic N) is 4. The molecule has 1 unspecified atom stereocenters. The normalized spacial score (nSPS) is 19.6. The molecule has 20 heavy (non-hydrogen) atoms. The van der Waals surface area contributed by atoms with Gasteiger partial charge in [0.05, 0.1) is 18.1 Å². The van der Waals surface area contributed by atoms with E-state index in [1.807, 2.05) is 12.5 Å². The highest BCUT2D eigenvalue weighted by molar-refractivity contribution is 5.07. The zero-order valence-electron chi connectivity index (χ0n) is 13.1. The Balaban J connectivity index is 2.04. The lowest BCUT2D eigenvalue weighted by atomic mass is 10.0. The van der Waals surface area contributed by atoms with Crippen LogP contribution in [0.3, 0.4) is 0 Å². The molecule has 0 saturated carbocycles. The molecule has 0 spiro atoms. The van der Waals surface area contributed by atoms with Crippen LogP contribution in [0.25, 0.3) is 0 Å². The number of imidazole rings is 1. The fraction of sp³-hybridized carbons (Fsp3) is 0.800. The maximum atomic E-state index is 6.06. The van der Waals surface area contributed by atoms with Crippen LogP contribution in [0, 0.1) is 0 Å². The minimum absolute atomic E-state index is 0.274. The van der Waals surface area contributed by atoms with Gasteiger partial charge in [-0.25, -0.2) is 4.98 Å². The minimum atomic E-state index is 0.274. The van der Waals surface area contributed by atoms with Crippen LogP contribution in [0.1, 0.15) is 38.4 Å². The molecule has 1 aliphatic rings. The lowest BCUT2D eigenvalue weighted by Crippen LogP contribution is -2.46. The van der Waals surface area contributed by atoms with Crippen molar-refractivity contribution in [3.05, 3.63) is 18.2 Å². The van der Waals surface area contributed by atoms with E-state index in [0.29, 0.717) is 12.6 Å². The highest BCUT2D eigenvalue weighted by Crippen LogP contribution is 2.25. The summed E-state index contributed by atoms with van der Waals surface area (Å²) in [6, 6.07) is 0.905. The molecule has 2 heterocycles. The summed E-state index contributed by atoms with van der Waals surface area (Å²) in [5.41, 5.74) is 7.30. The molecule has 0 bridgehead atoms. The zero-order valence-corrected chi connectivity index (χ0v) is 13.1. The van der Waals surface area contributed by atoms with Crippen molar-refractivity contribution in [3.8, 4) is 0 Å². The number of hydrogen-bond acceptors (Lipinski definition) is 4. The smallest absolute Gasteiger partial charge is 0.0948 e. The summed E-state index contributed by atoms with van der Waals surface area (Å²) in [4.78, 5) is 9.28. The average molecular weight is 279 g/mol. The van der Waals surface area contributed by atoms with Crippen LogP contribution >= 0.6 is 0 Å². The van der Waals surface area contributed by atoms with E-state index < -0.39 is 0 Å². The first-order chi connectivity index (χ1) is 9.71. The predicted molar refractivity (Wildman–Crippen MR) is 82.6 cm³/mol. The second-order valence-electron chi connectivity index (χ2n) is 5.69. The zero-order chi connectivity index (χ0) is 14.5. The topological polar surface area (TPSA) is 50.3 Å². The molecule has 114 valence electrons. The number of likely N-dealkylation sites (tertiary alicyclic amines) is 1. The molecule has 1 aromatic heterocycles. The summed E-state index contributed by atoms with van der Waals surface area (Å²) in [5.74, 6) is 0. The van der Waals surface area contributed by atoms with E-state index in [1.54, 1.807) is 0 Å². The predicted octanol–water partition coefficient (Wildman–Crippen LogP) is 1.32. The Kier molecular flexibility index (Phi) is 5.57. The Bertz CT molecular complexity index is 395. The molecule has 1 atom stereocenters. The van der Waals surface area contributed by atoms with Gasteiger partial charge in [-0.05, 0) is 46.4 Å². The SMILES string of the molecule is CCN1CCC(N(C)C(CN)c2cncn2CC)CC1. The molecule has 0 radical (unpaired) electrons. The van der Waals surface area contributed by atoms with Crippen LogP contribution in [0.4, 0.5) is 0 Å². The van der Waals surface area contributed by atoms with Crippen LogP contribution in [0.2, 0.25) is 0 Å². The molecular weight excluding hydrogens is 250 g/mol. The van der Waals surface area contributed by atoms with Crippen molar-refractivity contribution < 1.29 is 0 Å². The molecule has 0 aromatic carbocycles. The Labute approximate surface area is 122 Å². The fourth-order valence-electron chi connectivity index (χ4n) is 3.27. The Morgan fingerprint density at radius 3 is 2.60 bits per heavy atom. The van der Waals surface area contributed by atoms with Gasteiger partial charge < -0.3 is 15.2 Å². The Hall–Kier alpha value is -0.910. The highest BCUT2D eigenvalue weighted by Gasteiger charge is 2.28.